The van der Waals surface area contributed by atoms with Crippen LogP contribution in [0.5, 0.6) is 0 Å². The molecule has 5 heteroatoms. The topological polar surface area (TPSA) is 50.2 Å². The van der Waals surface area contributed by atoms with Gasteiger partial charge in [0.05, 0.1) is 18.9 Å². The Labute approximate surface area is 115 Å². The highest BCUT2D eigenvalue weighted by atomic mass is 16.2. The van der Waals surface area contributed by atoms with Gasteiger partial charge in [-0.15, -0.1) is 0 Å². The summed E-state index contributed by atoms with van der Waals surface area (Å²) in [4.78, 5) is 18.2. The van der Waals surface area contributed by atoms with E-state index in [4.69, 9.17) is 0 Å². The number of amides is 1. The van der Waals surface area contributed by atoms with E-state index in [0.29, 0.717) is 12.6 Å². The molecule has 19 heavy (non-hydrogen) atoms. The van der Waals surface area contributed by atoms with E-state index in [1.54, 1.807) is 6.20 Å². The molecule has 0 spiro atoms. The second-order valence-corrected chi connectivity index (χ2v) is 6.25. The van der Waals surface area contributed by atoms with E-state index in [-0.39, 0.29) is 11.4 Å². The Morgan fingerprint density at radius 2 is 2.26 bits per heavy atom. The lowest BCUT2D eigenvalue weighted by Crippen LogP contribution is -2.48. The van der Waals surface area contributed by atoms with Gasteiger partial charge in [0, 0.05) is 31.0 Å². The summed E-state index contributed by atoms with van der Waals surface area (Å²) < 4.78 is 2.11. The number of hydrogen-bond donors (Lipinski definition) is 1. The number of imidazole rings is 1. The molecule has 1 amide bonds. The number of carbonyl (C=O) groups excluding carboxylic acids is 1. The molecule has 1 aromatic heterocycles. The molecule has 2 rings (SSSR count). The molecule has 1 fully saturated rings. The summed E-state index contributed by atoms with van der Waals surface area (Å²) in [6.07, 6.45) is 7.79. The van der Waals surface area contributed by atoms with Crippen molar-refractivity contribution in [2.45, 2.75) is 45.2 Å². The molecular formula is C14H24N4O. The van der Waals surface area contributed by atoms with Gasteiger partial charge >= 0.3 is 0 Å². The van der Waals surface area contributed by atoms with Crippen molar-refractivity contribution in [3.63, 3.8) is 0 Å². The van der Waals surface area contributed by atoms with Gasteiger partial charge in [-0.05, 0) is 33.6 Å². The fraction of sp³-hybridized carbons (Fsp3) is 0.714. The second-order valence-electron chi connectivity index (χ2n) is 6.25. The number of nitrogens with zero attached hydrogens (tertiary/aromatic N) is 3. The molecule has 0 saturated carbocycles. The highest BCUT2D eigenvalue weighted by molar-refractivity contribution is 5.78. The number of carbonyl (C=O) groups is 1. The zero-order valence-electron chi connectivity index (χ0n) is 12.1. The lowest BCUT2D eigenvalue weighted by Gasteiger charge is -2.34. The Hall–Kier alpha value is -1.36. The fourth-order valence-corrected chi connectivity index (χ4v) is 2.36. The fourth-order valence-electron chi connectivity index (χ4n) is 2.36. The Morgan fingerprint density at radius 1 is 1.47 bits per heavy atom. The van der Waals surface area contributed by atoms with Crippen LogP contribution in [0.3, 0.4) is 0 Å². The van der Waals surface area contributed by atoms with E-state index in [1.165, 1.54) is 0 Å². The van der Waals surface area contributed by atoms with Crippen LogP contribution in [-0.2, 0) is 4.79 Å². The van der Waals surface area contributed by atoms with Gasteiger partial charge in [-0.3, -0.25) is 4.79 Å². The molecule has 106 valence electrons. The minimum Gasteiger partial charge on any atom is -0.340 e. The Kier molecular flexibility index (Phi) is 4.24. The maximum Gasteiger partial charge on any atom is 0.236 e. The van der Waals surface area contributed by atoms with Crippen LogP contribution < -0.4 is 5.32 Å². The predicted molar refractivity (Wildman–Crippen MR) is 74.8 cm³/mol. The molecule has 0 aromatic carbocycles. The zero-order chi connectivity index (χ0) is 13.9. The van der Waals surface area contributed by atoms with Gasteiger partial charge in [0.15, 0.2) is 0 Å². The third kappa shape index (κ3) is 4.06. The number of piperidine rings is 1. The molecule has 2 heterocycles. The molecular weight excluding hydrogens is 240 g/mol. The number of likely N-dealkylation sites (tertiary alicyclic amines) is 1. The first kappa shape index (κ1) is 14.1. The Morgan fingerprint density at radius 3 is 2.89 bits per heavy atom. The highest BCUT2D eigenvalue weighted by Gasteiger charge is 2.24. The molecule has 0 aliphatic carbocycles. The minimum absolute atomic E-state index is 0.0187. The predicted octanol–water partition coefficient (Wildman–Crippen LogP) is 1.43. The van der Waals surface area contributed by atoms with Crippen molar-refractivity contribution in [2.24, 2.45) is 0 Å². The highest BCUT2D eigenvalue weighted by Crippen LogP contribution is 2.21. The van der Waals surface area contributed by atoms with Gasteiger partial charge in [0.25, 0.3) is 0 Å². The summed E-state index contributed by atoms with van der Waals surface area (Å²) >= 11 is 0. The summed E-state index contributed by atoms with van der Waals surface area (Å²) in [5.74, 6) is 0.194. The van der Waals surface area contributed by atoms with Crippen LogP contribution in [0.2, 0.25) is 0 Å². The molecule has 1 atom stereocenters. The van der Waals surface area contributed by atoms with Gasteiger partial charge in [-0.25, -0.2) is 4.98 Å². The molecule has 1 unspecified atom stereocenters. The molecule has 0 radical (unpaired) electrons. The minimum atomic E-state index is -0.0187. The molecule has 1 saturated heterocycles. The summed E-state index contributed by atoms with van der Waals surface area (Å²) in [7, 11) is 0. The monoisotopic (exact) mass is 264 g/mol. The number of nitrogens with one attached hydrogen (secondary N) is 1. The van der Waals surface area contributed by atoms with Crippen LogP contribution in [0.1, 0.15) is 39.7 Å². The number of aromatic nitrogens is 2. The SMILES string of the molecule is CC(C)(C)NCC(=O)N1CCCC(n2ccnc2)C1. The summed E-state index contributed by atoms with van der Waals surface area (Å²) in [6.45, 7) is 8.30. The van der Waals surface area contributed by atoms with Crippen molar-refractivity contribution in [3.05, 3.63) is 18.7 Å². The largest absolute Gasteiger partial charge is 0.340 e. The third-order valence-electron chi connectivity index (χ3n) is 3.47. The molecule has 5 nitrogen and oxygen atoms in total. The Balaban J connectivity index is 1.88. The number of hydrogen-bond acceptors (Lipinski definition) is 3. The van der Waals surface area contributed by atoms with Crippen LogP contribution in [-0.4, -0.2) is 45.5 Å². The van der Waals surface area contributed by atoms with Crippen LogP contribution in [0.25, 0.3) is 0 Å². The Bertz CT molecular complexity index is 408. The lowest BCUT2D eigenvalue weighted by molar-refractivity contribution is -0.132. The molecule has 1 aliphatic heterocycles. The van der Waals surface area contributed by atoms with E-state index in [1.807, 2.05) is 17.4 Å². The van der Waals surface area contributed by atoms with Gasteiger partial charge in [0.1, 0.15) is 0 Å². The van der Waals surface area contributed by atoms with Crippen molar-refractivity contribution in [2.75, 3.05) is 19.6 Å². The molecule has 1 aromatic rings. The standard InChI is InChI=1S/C14H24N4O/c1-14(2,3)16-9-13(19)17-7-4-5-12(10-17)18-8-6-15-11-18/h6,8,11-12,16H,4-5,7,9-10H2,1-3H3. The lowest BCUT2D eigenvalue weighted by atomic mass is 10.1. The van der Waals surface area contributed by atoms with Gasteiger partial charge < -0.3 is 14.8 Å². The molecule has 1 N–H and O–H groups in total. The van der Waals surface area contributed by atoms with Gasteiger partial charge in [-0.2, -0.15) is 0 Å². The first-order chi connectivity index (χ1) is 8.96. The van der Waals surface area contributed by atoms with Crippen molar-refractivity contribution in [3.8, 4) is 0 Å². The van der Waals surface area contributed by atoms with Gasteiger partial charge in [0.2, 0.25) is 5.91 Å². The van der Waals surface area contributed by atoms with Crippen LogP contribution >= 0.6 is 0 Å². The summed E-state index contributed by atoms with van der Waals surface area (Å²) in [5.41, 5.74) is -0.0187. The van der Waals surface area contributed by atoms with Crippen molar-refractivity contribution >= 4 is 5.91 Å². The first-order valence-corrected chi connectivity index (χ1v) is 6.96. The van der Waals surface area contributed by atoms with Crippen LogP contribution in [0.15, 0.2) is 18.7 Å². The van der Waals surface area contributed by atoms with E-state index in [9.17, 15) is 4.79 Å². The van der Waals surface area contributed by atoms with E-state index in [2.05, 4.69) is 35.6 Å². The van der Waals surface area contributed by atoms with Gasteiger partial charge in [-0.1, -0.05) is 0 Å². The zero-order valence-corrected chi connectivity index (χ0v) is 12.1. The molecule has 0 bridgehead atoms. The van der Waals surface area contributed by atoms with Crippen LogP contribution in [0, 0.1) is 0 Å². The first-order valence-electron chi connectivity index (χ1n) is 6.96. The summed E-state index contributed by atoms with van der Waals surface area (Å²) in [5, 5.41) is 3.26. The van der Waals surface area contributed by atoms with E-state index < -0.39 is 0 Å². The second kappa shape index (κ2) is 5.74. The van der Waals surface area contributed by atoms with Crippen molar-refractivity contribution in [1.82, 2.24) is 19.8 Å². The summed E-state index contributed by atoms with van der Waals surface area (Å²) in [6, 6.07) is 0.370. The smallest absolute Gasteiger partial charge is 0.236 e. The average molecular weight is 264 g/mol. The normalized spacial score (nSPS) is 20.6. The van der Waals surface area contributed by atoms with E-state index in [0.717, 1.165) is 25.9 Å². The molecule has 1 aliphatic rings. The van der Waals surface area contributed by atoms with Crippen LogP contribution in [0.4, 0.5) is 0 Å². The maximum atomic E-state index is 12.2. The quantitative estimate of drug-likeness (QED) is 0.898. The third-order valence-corrected chi connectivity index (χ3v) is 3.47. The van der Waals surface area contributed by atoms with Crippen molar-refractivity contribution in [1.29, 1.82) is 0 Å². The van der Waals surface area contributed by atoms with E-state index >= 15 is 0 Å². The number of rotatable bonds is 3. The average Bonchev–Trinajstić information content (AvgIpc) is 2.89. The maximum absolute atomic E-state index is 12.2. The van der Waals surface area contributed by atoms with Crippen molar-refractivity contribution < 1.29 is 4.79 Å².